The molecule has 3 aromatic heterocycles. The number of aromatic nitrogens is 3. The zero-order valence-corrected chi connectivity index (χ0v) is 19.2. The summed E-state index contributed by atoms with van der Waals surface area (Å²) in [5, 5.41) is 13.1. The highest BCUT2D eigenvalue weighted by molar-refractivity contribution is 7.15. The van der Waals surface area contributed by atoms with Gasteiger partial charge in [0, 0.05) is 31.4 Å². The predicted octanol–water partition coefficient (Wildman–Crippen LogP) is 4.25. The topological polar surface area (TPSA) is 108 Å². The van der Waals surface area contributed by atoms with Crippen molar-refractivity contribution in [3.05, 3.63) is 53.3 Å². The molecule has 0 spiro atoms. The summed E-state index contributed by atoms with van der Waals surface area (Å²) < 4.78 is 0. The molecule has 1 aliphatic rings. The van der Waals surface area contributed by atoms with Crippen molar-refractivity contribution < 1.29 is 14.7 Å². The average Bonchev–Trinajstić information content (AvgIpc) is 3.24. The molecule has 0 unspecified atom stereocenters. The number of halogens is 1. The minimum Gasteiger partial charge on any atom is -0.481 e. The Labute approximate surface area is 196 Å². The molecule has 0 saturated carbocycles. The van der Waals surface area contributed by atoms with Crippen LogP contribution in [-0.2, 0) is 9.59 Å². The molecule has 1 fully saturated rings. The van der Waals surface area contributed by atoms with Crippen molar-refractivity contribution in [1.82, 2.24) is 19.9 Å². The van der Waals surface area contributed by atoms with Crippen molar-refractivity contribution in [3.8, 4) is 10.6 Å². The van der Waals surface area contributed by atoms with E-state index < -0.39 is 12.4 Å². The minimum absolute atomic E-state index is 0. The highest BCUT2D eigenvalue weighted by Gasteiger charge is 2.26. The summed E-state index contributed by atoms with van der Waals surface area (Å²) >= 11 is 1.62. The highest BCUT2D eigenvalue weighted by Crippen LogP contribution is 2.34. The van der Waals surface area contributed by atoms with Gasteiger partial charge in [0.1, 0.15) is 18.1 Å². The second-order valence-corrected chi connectivity index (χ2v) is 8.60. The van der Waals surface area contributed by atoms with Gasteiger partial charge < -0.3 is 15.3 Å². The van der Waals surface area contributed by atoms with Gasteiger partial charge in [-0.3, -0.25) is 9.59 Å². The summed E-state index contributed by atoms with van der Waals surface area (Å²) in [7, 11) is 0. The number of aryl methyl sites for hydroxylation is 1. The summed E-state index contributed by atoms with van der Waals surface area (Å²) in [6, 6.07) is 9.72. The average molecular weight is 474 g/mol. The minimum atomic E-state index is -1.08. The van der Waals surface area contributed by atoms with E-state index in [1.165, 1.54) is 0 Å². The number of aliphatic carboxylic acids is 1. The molecule has 1 saturated heterocycles. The molecule has 0 aromatic carbocycles. The van der Waals surface area contributed by atoms with Gasteiger partial charge in [0.05, 0.1) is 15.6 Å². The van der Waals surface area contributed by atoms with Crippen LogP contribution < -0.4 is 5.32 Å². The van der Waals surface area contributed by atoms with Crippen LogP contribution in [-0.4, -0.2) is 49.9 Å². The van der Waals surface area contributed by atoms with Gasteiger partial charge in [-0.1, -0.05) is 6.07 Å². The van der Waals surface area contributed by atoms with E-state index in [1.54, 1.807) is 22.4 Å². The Morgan fingerprint density at radius 2 is 1.97 bits per heavy atom. The lowest BCUT2D eigenvalue weighted by Crippen LogP contribution is -2.38. The Bertz CT molecular complexity index is 1100. The van der Waals surface area contributed by atoms with Crippen LogP contribution in [0.2, 0.25) is 0 Å². The van der Waals surface area contributed by atoms with Crippen molar-refractivity contribution in [1.29, 1.82) is 0 Å². The lowest BCUT2D eigenvalue weighted by molar-refractivity contribution is -0.144. The van der Waals surface area contributed by atoms with Crippen LogP contribution in [0.3, 0.4) is 0 Å². The Morgan fingerprint density at radius 1 is 1.19 bits per heavy atom. The van der Waals surface area contributed by atoms with Crippen molar-refractivity contribution in [2.75, 3.05) is 18.4 Å². The molecule has 0 bridgehead atoms. The lowest BCUT2D eigenvalue weighted by Gasteiger charge is -2.30. The van der Waals surface area contributed by atoms with E-state index in [9.17, 15) is 9.59 Å². The molecule has 3 aromatic rings. The van der Waals surface area contributed by atoms with Gasteiger partial charge in [-0.2, -0.15) is 0 Å². The van der Waals surface area contributed by atoms with Gasteiger partial charge in [-0.25, -0.2) is 15.0 Å². The molecule has 4 heterocycles. The molecule has 1 amide bonds. The number of hydrogen-bond acceptors (Lipinski definition) is 7. The molecule has 0 atom stereocenters. The fourth-order valence-corrected chi connectivity index (χ4v) is 4.65. The fourth-order valence-electron chi connectivity index (χ4n) is 3.59. The monoisotopic (exact) mass is 473 g/mol. The summed E-state index contributed by atoms with van der Waals surface area (Å²) in [5.74, 6) is 0.335. The first kappa shape index (κ1) is 23.6. The molecule has 168 valence electrons. The normalized spacial score (nSPS) is 14.0. The highest BCUT2D eigenvalue weighted by atomic mass is 35.5. The number of amides is 1. The molecule has 2 N–H and O–H groups in total. The first-order valence-corrected chi connectivity index (χ1v) is 10.9. The fraction of sp³-hybridized carbons (Fsp3) is 0.318. The zero-order valence-electron chi connectivity index (χ0n) is 17.5. The third-order valence-corrected chi connectivity index (χ3v) is 6.38. The number of carbonyl (C=O) groups excluding carboxylic acids is 1. The van der Waals surface area contributed by atoms with Crippen molar-refractivity contribution in [2.24, 2.45) is 0 Å². The number of thiazole rings is 1. The molecular weight excluding hydrogens is 450 g/mol. The van der Waals surface area contributed by atoms with E-state index in [2.05, 4.69) is 15.3 Å². The predicted molar refractivity (Wildman–Crippen MR) is 126 cm³/mol. The number of hydrogen-bond donors (Lipinski definition) is 2. The molecule has 32 heavy (non-hydrogen) atoms. The summed E-state index contributed by atoms with van der Waals surface area (Å²) in [6.07, 6.45) is 4.73. The molecule has 8 nitrogen and oxygen atoms in total. The quantitative estimate of drug-likeness (QED) is 0.515. The van der Waals surface area contributed by atoms with Gasteiger partial charge >= 0.3 is 5.97 Å². The summed E-state index contributed by atoms with van der Waals surface area (Å²) in [5.41, 5.74) is 1.96. The summed E-state index contributed by atoms with van der Waals surface area (Å²) in [6.45, 7) is 3.14. The third-order valence-electron chi connectivity index (χ3n) is 5.20. The SMILES string of the molecule is Cc1ccnc(Nc2cccc(-c3cnc(C4CCN(C(=O)CC(=O)O)CC4)s3)n2)c1.Cl. The Kier molecular flexibility index (Phi) is 7.76. The van der Waals surface area contributed by atoms with Gasteiger partial charge in [0.25, 0.3) is 0 Å². The van der Waals surface area contributed by atoms with Crippen molar-refractivity contribution >= 4 is 47.3 Å². The Morgan fingerprint density at radius 3 is 2.69 bits per heavy atom. The number of carboxylic acid groups (broad SMARTS) is 1. The number of carbonyl (C=O) groups is 2. The molecule has 0 radical (unpaired) electrons. The maximum Gasteiger partial charge on any atom is 0.312 e. The first-order valence-electron chi connectivity index (χ1n) is 10.1. The third kappa shape index (κ3) is 5.80. The van der Waals surface area contributed by atoms with Gasteiger partial charge in [0.2, 0.25) is 5.91 Å². The van der Waals surface area contributed by atoms with E-state index in [4.69, 9.17) is 10.1 Å². The zero-order chi connectivity index (χ0) is 21.8. The molecule has 1 aliphatic heterocycles. The smallest absolute Gasteiger partial charge is 0.312 e. The number of likely N-dealkylation sites (tertiary alicyclic amines) is 1. The van der Waals surface area contributed by atoms with Crippen LogP contribution in [0.1, 0.15) is 35.8 Å². The van der Waals surface area contributed by atoms with Crippen LogP contribution in [0.4, 0.5) is 11.6 Å². The van der Waals surface area contributed by atoms with E-state index in [0.29, 0.717) is 13.1 Å². The van der Waals surface area contributed by atoms with E-state index in [-0.39, 0.29) is 24.2 Å². The number of nitrogens with zero attached hydrogens (tertiary/aromatic N) is 4. The van der Waals surface area contributed by atoms with E-state index >= 15 is 0 Å². The van der Waals surface area contributed by atoms with Crippen LogP contribution >= 0.6 is 23.7 Å². The first-order chi connectivity index (χ1) is 15.0. The Balaban J connectivity index is 0.00000289. The number of piperidine rings is 1. The number of pyridine rings is 2. The van der Waals surface area contributed by atoms with Gasteiger partial charge in [-0.05, 0) is 49.6 Å². The van der Waals surface area contributed by atoms with Crippen LogP contribution in [0.15, 0.2) is 42.7 Å². The second kappa shape index (κ2) is 10.5. The number of anilines is 2. The Hall–Kier alpha value is -3.04. The number of carboxylic acids is 1. The molecule has 4 rings (SSSR count). The molecule has 10 heteroatoms. The number of nitrogens with one attached hydrogen (secondary N) is 1. The maximum atomic E-state index is 11.9. The van der Waals surface area contributed by atoms with Gasteiger partial charge in [-0.15, -0.1) is 23.7 Å². The van der Waals surface area contributed by atoms with Crippen LogP contribution in [0.25, 0.3) is 10.6 Å². The second-order valence-electron chi connectivity index (χ2n) is 7.54. The lowest BCUT2D eigenvalue weighted by atomic mass is 9.97. The summed E-state index contributed by atoms with van der Waals surface area (Å²) in [4.78, 5) is 38.9. The molecular formula is C22H24ClN5O3S. The number of rotatable bonds is 6. The van der Waals surface area contributed by atoms with Crippen molar-refractivity contribution in [2.45, 2.75) is 32.1 Å². The largest absolute Gasteiger partial charge is 0.481 e. The van der Waals surface area contributed by atoms with Crippen LogP contribution in [0.5, 0.6) is 0 Å². The van der Waals surface area contributed by atoms with Gasteiger partial charge in [0.15, 0.2) is 0 Å². The van der Waals surface area contributed by atoms with E-state index in [0.717, 1.165) is 45.6 Å². The van der Waals surface area contributed by atoms with Crippen LogP contribution in [0, 0.1) is 6.92 Å². The molecule has 0 aliphatic carbocycles. The standard InChI is InChI=1S/C22H23N5O3S.ClH/c1-14-5-8-23-19(11-14)26-18-4-2-3-16(25-18)17-13-24-22(31-17)15-6-9-27(10-7-15)20(28)12-21(29)30;/h2-5,8,11,13,15H,6-7,9-10,12H2,1H3,(H,29,30)(H,23,25,26);1H. The van der Waals surface area contributed by atoms with Crippen molar-refractivity contribution in [3.63, 3.8) is 0 Å². The maximum absolute atomic E-state index is 11.9. The van der Waals surface area contributed by atoms with E-state index in [1.807, 2.05) is 43.5 Å².